The molecule has 0 aliphatic carbocycles. The van der Waals surface area contributed by atoms with Gasteiger partial charge >= 0.3 is 5.97 Å². The summed E-state index contributed by atoms with van der Waals surface area (Å²) in [7, 11) is 1.58. The van der Waals surface area contributed by atoms with Crippen LogP contribution in [0.15, 0.2) is 57.7 Å². The molecule has 2 aromatic heterocycles. The van der Waals surface area contributed by atoms with E-state index in [-0.39, 0.29) is 13.2 Å². The van der Waals surface area contributed by atoms with Crippen molar-refractivity contribution in [2.24, 2.45) is 0 Å². The number of hydrogen-bond donors (Lipinski definition) is 0. The maximum absolute atomic E-state index is 11.7. The molecule has 0 amide bonds. The summed E-state index contributed by atoms with van der Waals surface area (Å²) in [6.07, 6.45) is 1.54. The summed E-state index contributed by atoms with van der Waals surface area (Å²) in [5.74, 6) is 1.79. The molecular weight excluding hydrogens is 314 g/mol. The Hall–Kier alpha value is -3.22. The summed E-state index contributed by atoms with van der Waals surface area (Å²) in [5, 5.41) is 3.81. The lowest BCUT2D eigenvalue weighted by Gasteiger charge is -2.06. The van der Waals surface area contributed by atoms with Crippen LogP contribution in [0.1, 0.15) is 5.69 Å². The molecule has 1 aromatic carbocycles. The maximum Gasteiger partial charge on any atom is 0.344 e. The van der Waals surface area contributed by atoms with Crippen LogP contribution in [0.4, 0.5) is 0 Å². The average Bonchev–Trinajstić information content (AvgIpc) is 3.29. The monoisotopic (exact) mass is 329 g/mol. The van der Waals surface area contributed by atoms with Crippen LogP contribution in [0.25, 0.3) is 11.5 Å². The normalized spacial score (nSPS) is 10.4. The van der Waals surface area contributed by atoms with E-state index >= 15 is 0 Å². The van der Waals surface area contributed by atoms with E-state index in [0.717, 1.165) is 0 Å². The molecule has 3 aromatic rings. The van der Waals surface area contributed by atoms with Gasteiger partial charge in [-0.1, -0.05) is 5.16 Å². The fourth-order valence-electron chi connectivity index (χ4n) is 1.93. The Kier molecular flexibility index (Phi) is 4.81. The van der Waals surface area contributed by atoms with Crippen molar-refractivity contribution < 1.29 is 27.9 Å². The zero-order valence-corrected chi connectivity index (χ0v) is 12.9. The van der Waals surface area contributed by atoms with Crippen LogP contribution in [0.2, 0.25) is 0 Å². The van der Waals surface area contributed by atoms with Gasteiger partial charge in [-0.15, -0.1) is 0 Å². The number of carbonyl (C=O) groups excluding carboxylic acids is 1. The zero-order valence-electron chi connectivity index (χ0n) is 12.9. The summed E-state index contributed by atoms with van der Waals surface area (Å²) in [4.78, 5) is 11.7. The molecule has 0 saturated carbocycles. The molecule has 0 N–H and O–H groups in total. The number of nitrogens with zero attached hydrogens (tertiary/aromatic N) is 1. The van der Waals surface area contributed by atoms with Crippen molar-refractivity contribution in [3.8, 4) is 23.0 Å². The molecule has 3 rings (SSSR count). The number of furan rings is 1. The van der Waals surface area contributed by atoms with Gasteiger partial charge in [0.15, 0.2) is 12.4 Å². The topological polar surface area (TPSA) is 83.9 Å². The van der Waals surface area contributed by atoms with Gasteiger partial charge in [-0.2, -0.15) is 0 Å². The molecular formula is C17H15NO6. The molecule has 0 spiro atoms. The van der Waals surface area contributed by atoms with Gasteiger partial charge in [-0.25, -0.2) is 4.79 Å². The highest BCUT2D eigenvalue weighted by Crippen LogP contribution is 2.21. The number of aromatic nitrogens is 1. The molecule has 0 aliphatic rings. The molecule has 0 unspecified atom stereocenters. The molecule has 24 heavy (non-hydrogen) atoms. The molecule has 2 heterocycles. The van der Waals surface area contributed by atoms with Crippen molar-refractivity contribution in [1.29, 1.82) is 0 Å². The number of rotatable bonds is 7. The minimum absolute atomic E-state index is 0.00495. The van der Waals surface area contributed by atoms with Crippen molar-refractivity contribution in [3.63, 3.8) is 0 Å². The van der Waals surface area contributed by atoms with Crippen LogP contribution in [-0.2, 0) is 16.1 Å². The second kappa shape index (κ2) is 7.36. The summed E-state index contributed by atoms with van der Waals surface area (Å²) in [6, 6.07) is 12.0. The summed E-state index contributed by atoms with van der Waals surface area (Å²) < 4.78 is 25.8. The van der Waals surface area contributed by atoms with Gasteiger partial charge in [0.25, 0.3) is 0 Å². The van der Waals surface area contributed by atoms with E-state index in [1.807, 2.05) is 0 Å². The van der Waals surface area contributed by atoms with E-state index in [9.17, 15) is 4.79 Å². The highest BCUT2D eigenvalue weighted by atomic mass is 16.6. The van der Waals surface area contributed by atoms with Crippen molar-refractivity contribution in [2.45, 2.75) is 6.61 Å². The number of carbonyl (C=O) groups is 1. The first-order valence-electron chi connectivity index (χ1n) is 7.16. The predicted molar refractivity (Wildman–Crippen MR) is 82.5 cm³/mol. The average molecular weight is 329 g/mol. The van der Waals surface area contributed by atoms with Crippen LogP contribution >= 0.6 is 0 Å². The lowest BCUT2D eigenvalue weighted by atomic mass is 10.3. The first-order valence-corrected chi connectivity index (χ1v) is 7.16. The second-order valence-electron chi connectivity index (χ2n) is 4.78. The molecule has 0 aliphatic heterocycles. The lowest BCUT2D eigenvalue weighted by molar-refractivity contribution is -0.147. The Balaban J connectivity index is 1.45. The van der Waals surface area contributed by atoms with Crippen LogP contribution in [0.3, 0.4) is 0 Å². The van der Waals surface area contributed by atoms with Gasteiger partial charge in [0.1, 0.15) is 23.8 Å². The van der Waals surface area contributed by atoms with Crippen molar-refractivity contribution in [1.82, 2.24) is 5.16 Å². The number of benzene rings is 1. The summed E-state index contributed by atoms with van der Waals surface area (Å²) >= 11 is 0. The first kappa shape index (κ1) is 15.7. The zero-order chi connectivity index (χ0) is 16.8. The Morgan fingerprint density at radius 3 is 2.62 bits per heavy atom. The van der Waals surface area contributed by atoms with Crippen LogP contribution in [-0.4, -0.2) is 24.8 Å². The number of methoxy groups -OCH3 is 1. The highest BCUT2D eigenvalue weighted by Gasteiger charge is 2.11. The van der Waals surface area contributed by atoms with Gasteiger partial charge in [0.05, 0.1) is 13.4 Å². The van der Waals surface area contributed by atoms with Crippen molar-refractivity contribution in [3.05, 3.63) is 54.4 Å². The molecule has 0 fully saturated rings. The molecule has 0 bridgehead atoms. The van der Waals surface area contributed by atoms with E-state index < -0.39 is 5.97 Å². The minimum atomic E-state index is -0.506. The van der Waals surface area contributed by atoms with Gasteiger partial charge < -0.3 is 23.2 Å². The smallest absolute Gasteiger partial charge is 0.344 e. The van der Waals surface area contributed by atoms with Crippen LogP contribution in [0, 0.1) is 0 Å². The molecule has 0 saturated heterocycles. The Labute approximate surface area is 137 Å². The third kappa shape index (κ3) is 3.95. The SMILES string of the molecule is COc1ccc(OCC(=O)OCc2cc(-c3ccco3)on2)cc1. The fourth-order valence-corrected chi connectivity index (χ4v) is 1.93. The fraction of sp³-hybridized carbons (Fsp3) is 0.176. The van der Waals surface area contributed by atoms with E-state index in [1.165, 1.54) is 6.26 Å². The van der Waals surface area contributed by atoms with Gasteiger partial charge in [-0.3, -0.25) is 0 Å². The Morgan fingerprint density at radius 1 is 1.12 bits per heavy atom. The molecule has 7 heteroatoms. The standard InChI is InChI=1S/C17H15NO6/c1-20-13-4-6-14(7-5-13)22-11-17(19)23-10-12-9-16(24-18-12)15-3-2-8-21-15/h2-9H,10-11H2,1H3. The lowest BCUT2D eigenvalue weighted by Crippen LogP contribution is -2.14. The second-order valence-corrected chi connectivity index (χ2v) is 4.78. The molecule has 0 atom stereocenters. The summed E-state index contributed by atoms with van der Waals surface area (Å²) in [6.45, 7) is -0.204. The minimum Gasteiger partial charge on any atom is -0.497 e. The third-order valence-corrected chi connectivity index (χ3v) is 3.12. The van der Waals surface area contributed by atoms with E-state index in [2.05, 4.69) is 5.16 Å². The number of ether oxygens (including phenoxy) is 3. The third-order valence-electron chi connectivity index (χ3n) is 3.12. The Bertz CT molecular complexity index is 776. The van der Waals surface area contributed by atoms with Gasteiger partial charge in [0.2, 0.25) is 5.76 Å². The largest absolute Gasteiger partial charge is 0.497 e. The van der Waals surface area contributed by atoms with Crippen molar-refractivity contribution >= 4 is 5.97 Å². The molecule has 124 valence electrons. The van der Waals surface area contributed by atoms with Crippen LogP contribution < -0.4 is 9.47 Å². The summed E-state index contributed by atoms with van der Waals surface area (Å²) in [5.41, 5.74) is 0.485. The predicted octanol–water partition coefficient (Wildman–Crippen LogP) is 3.07. The van der Waals surface area contributed by atoms with Crippen LogP contribution in [0.5, 0.6) is 11.5 Å². The highest BCUT2D eigenvalue weighted by molar-refractivity contribution is 5.71. The first-order chi connectivity index (χ1) is 11.7. The van der Waals surface area contributed by atoms with Gasteiger partial charge in [-0.05, 0) is 36.4 Å². The number of hydrogen-bond acceptors (Lipinski definition) is 7. The Morgan fingerprint density at radius 2 is 1.92 bits per heavy atom. The van der Waals surface area contributed by atoms with Crippen molar-refractivity contribution in [2.75, 3.05) is 13.7 Å². The number of esters is 1. The molecule has 0 radical (unpaired) electrons. The van der Waals surface area contributed by atoms with Gasteiger partial charge in [0, 0.05) is 6.07 Å². The molecule has 7 nitrogen and oxygen atoms in total. The quantitative estimate of drug-likeness (QED) is 0.616. The van der Waals surface area contributed by atoms with E-state index in [4.69, 9.17) is 23.2 Å². The maximum atomic E-state index is 11.7. The van der Waals surface area contributed by atoms with E-state index in [1.54, 1.807) is 49.6 Å². The van der Waals surface area contributed by atoms with E-state index in [0.29, 0.717) is 28.7 Å².